The van der Waals surface area contributed by atoms with Crippen molar-refractivity contribution < 1.29 is 9.59 Å². The van der Waals surface area contributed by atoms with Gasteiger partial charge in [0.25, 0.3) is 5.91 Å². The number of rotatable bonds is 6. The highest BCUT2D eigenvalue weighted by Gasteiger charge is 2.30. The van der Waals surface area contributed by atoms with Crippen LogP contribution in [0.5, 0.6) is 0 Å². The van der Waals surface area contributed by atoms with Crippen molar-refractivity contribution >= 4 is 23.3 Å². The SMILES string of the molecule is CC[C@@H](C)N1CCN(CC(=O)Nc2ccc([C@H]3NC(=O)c4cccnc4N3C)cc2)CC1. The zero-order chi connectivity index (χ0) is 22.7. The lowest BCUT2D eigenvalue weighted by molar-refractivity contribution is -0.117. The molecule has 2 aliphatic rings. The molecule has 0 radical (unpaired) electrons. The van der Waals surface area contributed by atoms with Crippen LogP contribution in [0.4, 0.5) is 11.5 Å². The number of carbonyl (C=O) groups is 2. The molecule has 0 unspecified atom stereocenters. The maximum atomic E-state index is 12.5. The number of benzene rings is 1. The predicted octanol–water partition coefficient (Wildman–Crippen LogP) is 2.31. The second kappa shape index (κ2) is 9.67. The van der Waals surface area contributed by atoms with Crippen molar-refractivity contribution in [3.05, 3.63) is 53.7 Å². The summed E-state index contributed by atoms with van der Waals surface area (Å²) in [6, 6.07) is 11.7. The molecule has 1 aromatic carbocycles. The Kier molecular flexibility index (Phi) is 6.72. The first kappa shape index (κ1) is 22.2. The summed E-state index contributed by atoms with van der Waals surface area (Å²) in [6.07, 6.45) is 2.53. The lowest BCUT2D eigenvalue weighted by atomic mass is 10.1. The lowest BCUT2D eigenvalue weighted by Gasteiger charge is -2.37. The number of pyridine rings is 1. The first-order valence-electron chi connectivity index (χ1n) is 11.3. The standard InChI is InChI=1S/C24H32N6O2/c1-4-17(2)30-14-12-29(13-15-30)16-21(31)26-19-9-7-18(8-10-19)22-27-24(32)20-6-5-11-25-23(20)28(22)3/h5-11,17,22H,4,12-16H2,1-3H3,(H,26,31)(H,27,32)/t17-,22+/m1/s1. The van der Waals surface area contributed by atoms with Crippen molar-refractivity contribution in [2.24, 2.45) is 0 Å². The van der Waals surface area contributed by atoms with Gasteiger partial charge >= 0.3 is 0 Å². The molecule has 2 aliphatic heterocycles. The van der Waals surface area contributed by atoms with E-state index in [1.165, 1.54) is 0 Å². The third kappa shape index (κ3) is 4.76. The number of anilines is 2. The first-order chi connectivity index (χ1) is 15.5. The van der Waals surface area contributed by atoms with Crippen LogP contribution in [0, 0.1) is 0 Å². The van der Waals surface area contributed by atoms with Crippen molar-refractivity contribution in [3.63, 3.8) is 0 Å². The normalized spacial score (nSPS) is 20.4. The molecule has 1 aromatic heterocycles. The molecule has 1 saturated heterocycles. The topological polar surface area (TPSA) is 80.8 Å². The number of aromatic nitrogens is 1. The molecule has 32 heavy (non-hydrogen) atoms. The van der Waals surface area contributed by atoms with Crippen molar-refractivity contribution in [1.82, 2.24) is 20.1 Å². The minimum Gasteiger partial charge on any atom is -0.335 e. The van der Waals surface area contributed by atoms with E-state index < -0.39 is 0 Å². The van der Waals surface area contributed by atoms with E-state index in [-0.39, 0.29) is 18.0 Å². The van der Waals surface area contributed by atoms with E-state index in [1.54, 1.807) is 18.3 Å². The molecule has 0 bridgehead atoms. The zero-order valence-electron chi connectivity index (χ0n) is 19.0. The van der Waals surface area contributed by atoms with Crippen LogP contribution in [-0.2, 0) is 4.79 Å². The van der Waals surface area contributed by atoms with Gasteiger partial charge in [0.1, 0.15) is 12.0 Å². The third-order valence-electron chi connectivity index (χ3n) is 6.52. The van der Waals surface area contributed by atoms with Crippen LogP contribution in [0.15, 0.2) is 42.6 Å². The number of fused-ring (bicyclic) bond motifs is 1. The van der Waals surface area contributed by atoms with Gasteiger partial charge < -0.3 is 15.5 Å². The molecule has 8 nitrogen and oxygen atoms in total. The Morgan fingerprint density at radius 3 is 2.59 bits per heavy atom. The number of nitrogens with one attached hydrogen (secondary N) is 2. The Morgan fingerprint density at radius 1 is 1.19 bits per heavy atom. The van der Waals surface area contributed by atoms with Crippen LogP contribution in [-0.4, -0.2) is 72.4 Å². The average molecular weight is 437 g/mol. The number of amides is 2. The summed E-state index contributed by atoms with van der Waals surface area (Å²) >= 11 is 0. The van der Waals surface area contributed by atoms with Gasteiger partial charge in [0, 0.05) is 51.2 Å². The Morgan fingerprint density at radius 2 is 1.91 bits per heavy atom. The molecule has 2 aromatic rings. The van der Waals surface area contributed by atoms with Crippen LogP contribution >= 0.6 is 0 Å². The van der Waals surface area contributed by atoms with Crippen molar-refractivity contribution in [3.8, 4) is 0 Å². The van der Waals surface area contributed by atoms with Crippen LogP contribution in [0.3, 0.4) is 0 Å². The summed E-state index contributed by atoms with van der Waals surface area (Å²) in [5, 5.41) is 6.01. The largest absolute Gasteiger partial charge is 0.335 e. The average Bonchev–Trinajstić information content (AvgIpc) is 2.82. The van der Waals surface area contributed by atoms with Gasteiger partial charge in [-0.05, 0) is 43.2 Å². The van der Waals surface area contributed by atoms with Gasteiger partial charge in [0.15, 0.2) is 0 Å². The molecule has 3 heterocycles. The monoisotopic (exact) mass is 436 g/mol. The molecule has 4 rings (SSSR count). The second-order valence-electron chi connectivity index (χ2n) is 8.60. The second-order valence-corrected chi connectivity index (χ2v) is 8.60. The van der Waals surface area contributed by atoms with E-state index in [2.05, 4.69) is 39.3 Å². The fourth-order valence-electron chi connectivity index (χ4n) is 4.36. The van der Waals surface area contributed by atoms with E-state index in [0.29, 0.717) is 24.0 Å². The Labute approximate surface area is 189 Å². The van der Waals surface area contributed by atoms with Gasteiger partial charge in [-0.1, -0.05) is 19.1 Å². The van der Waals surface area contributed by atoms with Crippen LogP contribution in [0.25, 0.3) is 0 Å². The maximum absolute atomic E-state index is 12.5. The fourth-order valence-corrected chi connectivity index (χ4v) is 4.36. The molecule has 0 saturated carbocycles. The quantitative estimate of drug-likeness (QED) is 0.723. The van der Waals surface area contributed by atoms with E-state index in [4.69, 9.17) is 0 Å². The molecular formula is C24H32N6O2. The minimum atomic E-state index is -0.309. The number of piperazine rings is 1. The molecular weight excluding hydrogens is 404 g/mol. The fraction of sp³-hybridized carbons (Fsp3) is 0.458. The summed E-state index contributed by atoms with van der Waals surface area (Å²) < 4.78 is 0. The van der Waals surface area contributed by atoms with Gasteiger partial charge in [-0.25, -0.2) is 4.98 Å². The number of hydrogen-bond donors (Lipinski definition) is 2. The van der Waals surface area contributed by atoms with E-state index in [9.17, 15) is 9.59 Å². The zero-order valence-corrected chi connectivity index (χ0v) is 19.0. The van der Waals surface area contributed by atoms with Gasteiger partial charge in [-0.2, -0.15) is 0 Å². The molecule has 2 N–H and O–H groups in total. The first-order valence-corrected chi connectivity index (χ1v) is 11.3. The van der Waals surface area contributed by atoms with E-state index >= 15 is 0 Å². The van der Waals surface area contributed by atoms with Crippen molar-refractivity contribution in [2.75, 3.05) is 50.0 Å². The number of hydrogen-bond acceptors (Lipinski definition) is 6. The minimum absolute atomic E-state index is 0.00375. The van der Waals surface area contributed by atoms with Gasteiger partial charge in [0.2, 0.25) is 5.91 Å². The highest BCUT2D eigenvalue weighted by molar-refractivity contribution is 6.01. The maximum Gasteiger partial charge on any atom is 0.256 e. The van der Waals surface area contributed by atoms with Crippen LogP contribution < -0.4 is 15.5 Å². The van der Waals surface area contributed by atoms with Crippen LogP contribution in [0.2, 0.25) is 0 Å². The molecule has 2 atom stereocenters. The van der Waals surface area contributed by atoms with Crippen molar-refractivity contribution in [1.29, 1.82) is 0 Å². The summed E-state index contributed by atoms with van der Waals surface area (Å²) in [4.78, 5) is 36.0. The van der Waals surface area contributed by atoms with Crippen molar-refractivity contribution in [2.45, 2.75) is 32.5 Å². The van der Waals surface area contributed by atoms with Gasteiger partial charge in [-0.15, -0.1) is 0 Å². The number of carbonyl (C=O) groups excluding carboxylic acids is 2. The third-order valence-corrected chi connectivity index (χ3v) is 6.52. The smallest absolute Gasteiger partial charge is 0.256 e. The highest BCUT2D eigenvalue weighted by Crippen LogP contribution is 2.30. The van der Waals surface area contributed by atoms with Crippen LogP contribution in [0.1, 0.15) is 42.4 Å². The van der Waals surface area contributed by atoms with E-state index in [1.807, 2.05) is 36.2 Å². The summed E-state index contributed by atoms with van der Waals surface area (Å²) in [5.74, 6) is 0.519. The van der Waals surface area contributed by atoms with Gasteiger partial charge in [0.05, 0.1) is 12.1 Å². The highest BCUT2D eigenvalue weighted by atomic mass is 16.2. The molecule has 0 spiro atoms. The predicted molar refractivity (Wildman–Crippen MR) is 126 cm³/mol. The molecule has 0 aliphatic carbocycles. The Bertz CT molecular complexity index is 955. The summed E-state index contributed by atoms with van der Waals surface area (Å²) in [7, 11) is 1.91. The summed E-state index contributed by atoms with van der Waals surface area (Å²) in [5.41, 5.74) is 2.25. The molecule has 8 heteroatoms. The van der Waals surface area contributed by atoms with Gasteiger partial charge in [-0.3, -0.25) is 19.4 Å². The molecule has 2 amide bonds. The Balaban J connectivity index is 1.33. The number of nitrogens with zero attached hydrogens (tertiary/aromatic N) is 4. The lowest BCUT2D eigenvalue weighted by Crippen LogP contribution is -2.51. The summed E-state index contributed by atoms with van der Waals surface area (Å²) in [6.45, 7) is 8.73. The Hall–Kier alpha value is -2.97. The van der Waals surface area contributed by atoms with E-state index in [0.717, 1.165) is 43.9 Å². The molecule has 170 valence electrons. The molecule has 1 fully saturated rings.